The first-order valence-corrected chi connectivity index (χ1v) is 5.52. The van der Waals surface area contributed by atoms with Crippen LogP contribution in [0.15, 0.2) is 34.9 Å². The van der Waals surface area contributed by atoms with Crippen molar-refractivity contribution in [1.82, 2.24) is 0 Å². The first kappa shape index (κ1) is 11.5. The number of aliphatic hydroxyl groups excluding tert-OH is 1. The van der Waals surface area contributed by atoms with Gasteiger partial charge >= 0.3 is 0 Å². The summed E-state index contributed by atoms with van der Waals surface area (Å²) in [7, 11) is 0. The van der Waals surface area contributed by atoms with Crippen LogP contribution in [0, 0.1) is 6.92 Å². The van der Waals surface area contributed by atoms with Gasteiger partial charge in [-0.15, -0.1) is 0 Å². The Labute approximate surface area is 103 Å². The Bertz CT molecular complexity index is 505. The van der Waals surface area contributed by atoms with Gasteiger partial charge in [0, 0.05) is 15.6 Å². The Morgan fingerprint density at radius 1 is 1.25 bits per heavy atom. The molecule has 0 saturated heterocycles. The van der Waals surface area contributed by atoms with Gasteiger partial charge in [-0.25, -0.2) is 0 Å². The molecule has 1 heterocycles. The number of furan rings is 1. The molecule has 0 aliphatic heterocycles. The molecule has 0 fully saturated rings. The highest BCUT2D eigenvalue weighted by Gasteiger charge is 2.18. The summed E-state index contributed by atoms with van der Waals surface area (Å²) in [6.07, 6.45) is 0.678. The minimum absolute atomic E-state index is 0.427. The normalized spacial score (nSPS) is 12.8. The molecule has 1 unspecified atom stereocenters. The SMILES string of the molecule is Cc1ccoc1C(O)c1ccc(Cl)cc1Cl. The van der Waals surface area contributed by atoms with E-state index in [1.165, 1.54) is 6.26 Å². The summed E-state index contributed by atoms with van der Waals surface area (Å²) in [6.45, 7) is 1.87. The molecular weight excluding hydrogens is 247 g/mol. The molecule has 0 saturated carbocycles. The molecule has 0 aliphatic rings. The van der Waals surface area contributed by atoms with Crippen molar-refractivity contribution in [3.05, 3.63) is 57.5 Å². The number of halogens is 2. The van der Waals surface area contributed by atoms with Crippen molar-refractivity contribution in [2.45, 2.75) is 13.0 Å². The van der Waals surface area contributed by atoms with Crippen LogP contribution in [0.25, 0.3) is 0 Å². The van der Waals surface area contributed by atoms with Crippen LogP contribution in [0.5, 0.6) is 0 Å². The second kappa shape index (κ2) is 4.50. The maximum Gasteiger partial charge on any atom is 0.139 e. The number of benzene rings is 1. The van der Waals surface area contributed by atoms with Gasteiger partial charge in [-0.3, -0.25) is 0 Å². The first-order valence-electron chi connectivity index (χ1n) is 4.76. The predicted octanol–water partition coefficient (Wildman–Crippen LogP) is 3.98. The number of hydrogen-bond donors (Lipinski definition) is 1. The van der Waals surface area contributed by atoms with Crippen LogP contribution >= 0.6 is 23.2 Å². The van der Waals surface area contributed by atoms with Crippen LogP contribution in [-0.4, -0.2) is 5.11 Å². The van der Waals surface area contributed by atoms with E-state index in [0.717, 1.165) is 5.56 Å². The van der Waals surface area contributed by atoms with Crippen molar-refractivity contribution < 1.29 is 9.52 Å². The zero-order chi connectivity index (χ0) is 11.7. The number of rotatable bonds is 2. The third kappa shape index (κ3) is 2.09. The second-order valence-electron chi connectivity index (χ2n) is 3.54. The summed E-state index contributed by atoms with van der Waals surface area (Å²) >= 11 is 11.8. The summed E-state index contributed by atoms with van der Waals surface area (Å²) < 4.78 is 5.22. The largest absolute Gasteiger partial charge is 0.466 e. The third-order valence-corrected chi connectivity index (χ3v) is 2.97. The summed E-state index contributed by atoms with van der Waals surface area (Å²) in [5.74, 6) is 0.504. The summed E-state index contributed by atoms with van der Waals surface area (Å²) in [5, 5.41) is 11.1. The molecule has 0 amide bonds. The lowest BCUT2D eigenvalue weighted by Crippen LogP contribution is -2.00. The Hall–Kier alpha value is -0.960. The molecule has 4 heteroatoms. The van der Waals surface area contributed by atoms with E-state index in [1.807, 2.05) is 6.92 Å². The summed E-state index contributed by atoms with van der Waals surface area (Å²) in [4.78, 5) is 0. The molecule has 84 valence electrons. The number of hydrogen-bond acceptors (Lipinski definition) is 2. The quantitative estimate of drug-likeness (QED) is 0.882. The van der Waals surface area contributed by atoms with Crippen LogP contribution in [0.1, 0.15) is 23.0 Å². The third-order valence-electron chi connectivity index (χ3n) is 2.41. The van der Waals surface area contributed by atoms with E-state index in [2.05, 4.69) is 0 Å². The molecule has 0 aliphatic carbocycles. The highest BCUT2D eigenvalue weighted by molar-refractivity contribution is 6.35. The minimum Gasteiger partial charge on any atom is -0.466 e. The van der Waals surface area contributed by atoms with E-state index in [0.29, 0.717) is 21.4 Å². The van der Waals surface area contributed by atoms with Crippen LogP contribution in [0.2, 0.25) is 10.0 Å². The molecule has 0 spiro atoms. The molecule has 0 bridgehead atoms. The van der Waals surface area contributed by atoms with E-state index in [9.17, 15) is 5.11 Å². The monoisotopic (exact) mass is 256 g/mol. The van der Waals surface area contributed by atoms with Crippen LogP contribution in [-0.2, 0) is 0 Å². The predicted molar refractivity (Wildman–Crippen MR) is 64.0 cm³/mol. The van der Waals surface area contributed by atoms with Crippen molar-refractivity contribution in [1.29, 1.82) is 0 Å². The highest BCUT2D eigenvalue weighted by Crippen LogP contribution is 2.31. The lowest BCUT2D eigenvalue weighted by molar-refractivity contribution is 0.188. The van der Waals surface area contributed by atoms with Gasteiger partial charge in [0.15, 0.2) is 0 Å². The van der Waals surface area contributed by atoms with E-state index in [-0.39, 0.29) is 0 Å². The Morgan fingerprint density at radius 3 is 2.56 bits per heavy atom. The van der Waals surface area contributed by atoms with Gasteiger partial charge in [-0.2, -0.15) is 0 Å². The van der Waals surface area contributed by atoms with Gasteiger partial charge in [0.25, 0.3) is 0 Å². The molecule has 16 heavy (non-hydrogen) atoms. The maximum atomic E-state index is 10.1. The van der Waals surface area contributed by atoms with Crippen LogP contribution < -0.4 is 0 Å². The Balaban J connectivity index is 2.41. The average Bonchev–Trinajstić information content (AvgIpc) is 2.63. The highest BCUT2D eigenvalue weighted by atomic mass is 35.5. The van der Waals surface area contributed by atoms with Gasteiger partial charge in [-0.1, -0.05) is 29.3 Å². The second-order valence-corrected chi connectivity index (χ2v) is 4.38. The lowest BCUT2D eigenvalue weighted by Gasteiger charge is -2.11. The average molecular weight is 257 g/mol. The van der Waals surface area contributed by atoms with Gasteiger partial charge in [0.2, 0.25) is 0 Å². The van der Waals surface area contributed by atoms with Crippen molar-refractivity contribution in [2.75, 3.05) is 0 Å². The van der Waals surface area contributed by atoms with Crippen molar-refractivity contribution >= 4 is 23.2 Å². The summed E-state index contributed by atoms with van der Waals surface area (Å²) in [6, 6.07) is 6.77. The molecule has 1 atom stereocenters. The standard InChI is InChI=1S/C12H10Cl2O2/c1-7-4-5-16-12(7)11(15)9-3-2-8(13)6-10(9)14/h2-6,11,15H,1H3. The van der Waals surface area contributed by atoms with Crippen molar-refractivity contribution in [3.8, 4) is 0 Å². The van der Waals surface area contributed by atoms with Crippen molar-refractivity contribution in [2.24, 2.45) is 0 Å². The molecule has 0 radical (unpaired) electrons. The van der Waals surface area contributed by atoms with Crippen LogP contribution in [0.3, 0.4) is 0 Å². The molecule has 2 aromatic rings. The van der Waals surface area contributed by atoms with Gasteiger partial charge in [-0.05, 0) is 30.7 Å². The van der Waals surface area contributed by atoms with Gasteiger partial charge in [0.1, 0.15) is 11.9 Å². The smallest absolute Gasteiger partial charge is 0.139 e. The maximum absolute atomic E-state index is 10.1. The molecule has 1 aromatic carbocycles. The summed E-state index contributed by atoms with van der Waals surface area (Å²) in [5.41, 5.74) is 1.47. The van der Waals surface area contributed by atoms with E-state index >= 15 is 0 Å². The fourth-order valence-corrected chi connectivity index (χ4v) is 2.04. The minimum atomic E-state index is -0.861. The first-order chi connectivity index (χ1) is 7.59. The van der Waals surface area contributed by atoms with E-state index in [1.54, 1.807) is 24.3 Å². The molecule has 1 N–H and O–H groups in total. The number of aryl methyl sites for hydroxylation is 1. The van der Waals surface area contributed by atoms with E-state index in [4.69, 9.17) is 27.6 Å². The van der Waals surface area contributed by atoms with Crippen molar-refractivity contribution in [3.63, 3.8) is 0 Å². The zero-order valence-corrected chi connectivity index (χ0v) is 10.1. The number of aliphatic hydroxyl groups is 1. The fourth-order valence-electron chi connectivity index (χ4n) is 1.53. The van der Waals surface area contributed by atoms with E-state index < -0.39 is 6.10 Å². The Kier molecular flexibility index (Phi) is 3.24. The van der Waals surface area contributed by atoms with Gasteiger partial charge < -0.3 is 9.52 Å². The zero-order valence-electron chi connectivity index (χ0n) is 8.58. The molecule has 1 aromatic heterocycles. The fraction of sp³-hybridized carbons (Fsp3) is 0.167. The molecular formula is C12H10Cl2O2. The van der Waals surface area contributed by atoms with Crippen LogP contribution in [0.4, 0.5) is 0 Å². The topological polar surface area (TPSA) is 33.4 Å². The Morgan fingerprint density at radius 2 is 2.00 bits per heavy atom. The molecule has 2 rings (SSSR count). The van der Waals surface area contributed by atoms with Gasteiger partial charge in [0.05, 0.1) is 6.26 Å². The lowest BCUT2D eigenvalue weighted by atomic mass is 10.1. The molecule has 2 nitrogen and oxygen atoms in total.